The highest BCUT2D eigenvalue weighted by atomic mass is 16.5. The molecule has 0 saturated heterocycles. The molecule has 0 aromatic heterocycles. The van der Waals surface area contributed by atoms with Crippen molar-refractivity contribution in [3.05, 3.63) is 48.0 Å². The van der Waals surface area contributed by atoms with Crippen LogP contribution in [0, 0.1) is 11.8 Å². The fraction of sp³-hybridized carbons (Fsp3) is 0.538. The molecular formula is C26H39N3O5. The minimum absolute atomic E-state index is 0.0802. The van der Waals surface area contributed by atoms with Gasteiger partial charge in [0.1, 0.15) is 25.0 Å². The average molecular weight is 474 g/mol. The number of hydrogen-bond acceptors (Lipinski definition) is 5. The number of benzene rings is 1. The van der Waals surface area contributed by atoms with Crippen LogP contribution in [0.1, 0.15) is 59.4 Å². The molecule has 1 aromatic rings. The summed E-state index contributed by atoms with van der Waals surface area (Å²) >= 11 is 0. The van der Waals surface area contributed by atoms with Gasteiger partial charge in [-0.25, -0.2) is 4.79 Å². The molecule has 0 spiro atoms. The standard InChI is InChI=1S/C26H39N3O5/c1-17(2)12-21(15-30)27-24(31)22(13-18(3)4)28-25(32)23(14-19(5)6)29-26(33)34-16-20-10-8-7-9-11-20/h7-11,15,18-19,21-23H,1,12-14,16H2,2-6H3,(H,27,31)(H,28,32)(H,29,33). The lowest BCUT2D eigenvalue weighted by molar-refractivity contribution is -0.131. The fourth-order valence-electron chi connectivity index (χ4n) is 3.38. The predicted octanol–water partition coefficient (Wildman–Crippen LogP) is 3.51. The number of carbonyl (C=O) groups is 4. The van der Waals surface area contributed by atoms with Crippen molar-refractivity contribution in [3.8, 4) is 0 Å². The van der Waals surface area contributed by atoms with E-state index in [0.29, 0.717) is 25.5 Å². The van der Waals surface area contributed by atoms with E-state index in [-0.39, 0.29) is 18.4 Å². The SMILES string of the molecule is C=C(C)CC(C=O)NC(=O)C(CC(C)C)NC(=O)C(CC(C)C)NC(=O)OCc1ccccc1. The van der Waals surface area contributed by atoms with E-state index in [4.69, 9.17) is 4.74 Å². The normalized spacial score (nSPS) is 13.5. The first-order valence-electron chi connectivity index (χ1n) is 11.7. The zero-order valence-electron chi connectivity index (χ0n) is 20.9. The molecule has 0 saturated carbocycles. The third-order valence-corrected chi connectivity index (χ3v) is 4.93. The first kappa shape index (κ1) is 28.9. The summed E-state index contributed by atoms with van der Waals surface area (Å²) in [5.74, 6) is -0.708. The minimum atomic E-state index is -0.872. The molecule has 1 rings (SSSR count). The van der Waals surface area contributed by atoms with Crippen LogP contribution < -0.4 is 16.0 Å². The first-order chi connectivity index (χ1) is 16.0. The summed E-state index contributed by atoms with van der Waals surface area (Å²) in [7, 11) is 0. The predicted molar refractivity (Wildman–Crippen MR) is 132 cm³/mol. The highest BCUT2D eigenvalue weighted by molar-refractivity contribution is 5.92. The molecule has 8 nitrogen and oxygen atoms in total. The molecule has 1 aromatic carbocycles. The summed E-state index contributed by atoms with van der Waals surface area (Å²) in [5, 5.41) is 8.05. The Morgan fingerprint density at radius 2 is 1.44 bits per heavy atom. The zero-order valence-corrected chi connectivity index (χ0v) is 20.9. The monoisotopic (exact) mass is 473 g/mol. The van der Waals surface area contributed by atoms with E-state index in [1.54, 1.807) is 6.92 Å². The van der Waals surface area contributed by atoms with Crippen LogP contribution in [0.2, 0.25) is 0 Å². The van der Waals surface area contributed by atoms with Crippen LogP contribution >= 0.6 is 0 Å². The Bertz CT molecular complexity index is 823. The molecule has 0 heterocycles. The number of rotatable bonds is 14. The van der Waals surface area contributed by atoms with Crippen LogP contribution in [0.5, 0.6) is 0 Å². The van der Waals surface area contributed by atoms with Gasteiger partial charge in [0.2, 0.25) is 11.8 Å². The van der Waals surface area contributed by atoms with Gasteiger partial charge in [0, 0.05) is 0 Å². The lowest BCUT2D eigenvalue weighted by atomic mass is 9.99. The van der Waals surface area contributed by atoms with Gasteiger partial charge >= 0.3 is 6.09 Å². The molecule has 3 atom stereocenters. The van der Waals surface area contributed by atoms with Gasteiger partial charge in [0.05, 0.1) is 6.04 Å². The van der Waals surface area contributed by atoms with Crippen LogP contribution in [0.15, 0.2) is 42.5 Å². The molecule has 8 heteroatoms. The molecule has 0 aliphatic carbocycles. The third-order valence-electron chi connectivity index (χ3n) is 4.93. The van der Waals surface area contributed by atoms with Crippen LogP contribution in [0.3, 0.4) is 0 Å². The van der Waals surface area contributed by atoms with Gasteiger partial charge in [-0.15, -0.1) is 6.58 Å². The number of alkyl carbamates (subject to hydrolysis) is 1. The average Bonchev–Trinajstić information content (AvgIpc) is 2.76. The van der Waals surface area contributed by atoms with Gasteiger partial charge < -0.3 is 25.5 Å². The van der Waals surface area contributed by atoms with Crippen molar-refractivity contribution >= 4 is 24.2 Å². The van der Waals surface area contributed by atoms with E-state index < -0.39 is 36.0 Å². The van der Waals surface area contributed by atoms with Crippen molar-refractivity contribution in [3.63, 3.8) is 0 Å². The lowest BCUT2D eigenvalue weighted by Gasteiger charge is -2.26. The highest BCUT2D eigenvalue weighted by Crippen LogP contribution is 2.10. The van der Waals surface area contributed by atoms with E-state index in [0.717, 1.165) is 11.1 Å². The van der Waals surface area contributed by atoms with Crippen molar-refractivity contribution < 1.29 is 23.9 Å². The molecule has 0 aliphatic heterocycles. The lowest BCUT2D eigenvalue weighted by Crippen LogP contribution is -2.55. The smallest absolute Gasteiger partial charge is 0.408 e. The fourth-order valence-corrected chi connectivity index (χ4v) is 3.38. The Morgan fingerprint density at radius 1 is 0.912 bits per heavy atom. The molecule has 0 aliphatic rings. The van der Waals surface area contributed by atoms with Crippen molar-refractivity contribution in [1.29, 1.82) is 0 Å². The summed E-state index contributed by atoms with van der Waals surface area (Å²) in [5.41, 5.74) is 1.59. The maximum Gasteiger partial charge on any atom is 0.408 e. The number of aldehydes is 1. The second kappa shape index (κ2) is 14.9. The van der Waals surface area contributed by atoms with E-state index in [1.807, 2.05) is 58.0 Å². The summed E-state index contributed by atoms with van der Waals surface area (Å²) in [6, 6.07) is 6.79. The molecule has 0 bridgehead atoms. The number of hydrogen-bond donors (Lipinski definition) is 3. The van der Waals surface area contributed by atoms with Gasteiger partial charge in [-0.3, -0.25) is 9.59 Å². The van der Waals surface area contributed by atoms with Gasteiger partial charge in [-0.2, -0.15) is 0 Å². The zero-order chi connectivity index (χ0) is 25.7. The topological polar surface area (TPSA) is 114 Å². The Balaban J connectivity index is 2.85. The minimum Gasteiger partial charge on any atom is -0.445 e. The Morgan fingerprint density at radius 3 is 1.94 bits per heavy atom. The van der Waals surface area contributed by atoms with E-state index in [1.165, 1.54) is 0 Å². The van der Waals surface area contributed by atoms with Crippen molar-refractivity contribution in [2.75, 3.05) is 0 Å². The summed E-state index contributed by atoms with van der Waals surface area (Å²) in [4.78, 5) is 49.6. The third kappa shape index (κ3) is 11.6. The Hall–Kier alpha value is -3.16. The second-order valence-electron chi connectivity index (χ2n) is 9.49. The number of carbonyl (C=O) groups excluding carboxylic acids is 4. The Kier molecular flexibility index (Phi) is 12.6. The molecule has 3 amide bonds. The largest absolute Gasteiger partial charge is 0.445 e. The van der Waals surface area contributed by atoms with Crippen LogP contribution in [-0.4, -0.2) is 42.3 Å². The van der Waals surface area contributed by atoms with Crippen LogP contribution in [-0.2, 0) is 25.7 Å². The molecule has 3 N–H and O–H groups in total. The maximum atomic E-state index is 13.1. The van der Waals surface area contributed by atoms with Crippen LogP contribution in [0.25, 0.3) is 0 Å². The van der Waals surface area contributed by atoms with Crippen molar-refractivity contribution in [2.45, 2.75) is 78.6 Å². The summed E-state index contributed by atoms with van der Waals surface area (Å²) in [6.07, 6.45) is 1.02. The molecule has 188 valence electrons. The van der Waals surface area contributed by atoms with E-state index >= 15 is 0 Å². The van der Waals surface area contributed by atoms with E-state index in [9.17, 15) is 19.2 Å². The maximum absolute atomic E-state index is 13.1. The molecule has 0 radical (unpaired) electrons. The van der Waals surface area contributed by atoms with Crippen molar-refractivity contribution in [2.24, 2.45) is 11.8 Å². The molecular weight excluding hydrogens is 434 g/mol. The Labute approximate surface area is 202 Å². The molecule has 3 unspecified atom stereocenters. The van der Waals surface area contributed by atoms with Crippen molar-refractivity contribution in [1.82, 2.24) is 16.0 Å². The first-order valence-corrected chi connectivity index (χ1v) is 11.7. The number of nitrogens with one attached hydrogen (secondary N) is 3. The number of amides is 3. The van der Waals surface area contributed by atoms with Gasteiger partial charge in [-0.05, 0) is 43.6 Å². The molecule has 0 fully saturated rings. The van der Waals surface area contributed by atoms with Crippen LogP contribution in [0.4, 0.5) is 4.79 Å². The van der Waals surface area contributed by atoms with Gasteiger partial charge in [0.15, 0.2) is 0 Å². The second-order valence-corrected chi connectivity index (χ2v) is 9.49. The summed E-state index contributed by atoms with van der Waals surface area (Å²) in [6.45, 7) is 13.4. The quantitative estimate of drug-likeness (QED) is 0.283. The number of ether oxygens (including phenoxy) is 1. The summed E-state index contributed by atoms with van der Waals surface area (Å²) < 4.78 is 5.25. The van der Waals surface area contributed by atoms with Gasteiger partial charge in [0.25, 0.3) is 0 Å². The highest BCUT2D eigenvalue weighted by Gasteiger charge is 2.29. The molecule has 34 heavy (non-hydrogen) atoms. The van der Waals surface area contributed by atoms with E-state index in [2.05, 4.69) is 22.5 Å². The van der Waals surface area contributed by atoms with Gasteiger partial charge in [-0.1, -0.05) is 63.6 Å².